The molecule has 2 rings (SSSR count). The Hall–Kier alpha value is -0.910. The Morgan fingerprint density at radius 2 is 2.41 bits per heavy atom. The smallest absolute Gasteiger partial charge is 0.0850 e. The van der Waals surface area contributed by atoms with Gasteiger partial charge in [-0.1, -0.05) is 0 Å². The van der Waals surface area contributed by atoms with Crippen molar-refractivity contribution in [1.29, 1.82) is 0 Å². The van der Waals surface area contributed by atoms with Crippen LogP contribution in [0.4, 0.5) is 0 Å². The summed E-state index contributed by atoms with van der Waals surface area (Å²) in [6.45, 7) is 8.70. The minimum absolute atomic E-state index is 0.102. The molecular weight excluding hydrogens is 216 g/mol. The van der Waals surface area contributed by atoms with Gasteiger partial charge in [-0.05, 0) is 19.4 Å². The normalized spacial score (nSPS) is 23.8. The van der Waals surface area contributed by atoms with Crippen molar-refractivity contribution >= 4 is 0 Å². The summed E-state index contributed by atoms with van der Waals surface area (Å²) in [5.74, 6) is 0. The highest BCUT2D eigenvalue weighted by molar-refractivity contribution is 4.99. The first-order valence-corrected chi connectivity index (χ1v) is 6.24. The predicted octanol–water partition coefficient (Wildman–Crippen LogP) is 0.240. The summed E-state index contributed by atoms with van der Waals surface area (Å²) < 4.78 is 7.63. The first kappa shape index (κ1) is 12.5. The number of aryl methyl sites for hydroxylation is 1. The molecule has 2 N–H and O–H groups in total. The summed E-state index contributed by atoms with van der Waals surface area (Å²) in [5.41, 5.74) is 7.08. The fraction of sp³-hybridized carbons (Fsp3) is 0.750. The highest BCUT2D eigenvalue weighted by Gasteiger charge is 2.22. The van der Waals surface area contributed by atoms with E-state index in [1.807, 2.05) is 17.8 Å². The van der Waals surface area contributed by atoms with E-state index in [4.69, 9.17) is 10.5 Å². The zero-order valence-corrected chi connectivity index (χ0v) is 10.7. The van der Waals surface area contributed by atoms with Crippen LogP contribution in [0.25, 0.3) is 0 Å². The van der Waals surface area contributed by atoms with E-state index in [9.17, 15) is 0 Å². The van der Waals surface area contributed by atoms with Gasteiger partial charge in [0.05, 0.1) is 25.5 Å². The molecular formula is C12H22N4O. The lowest BCUT2D eigenvalue weighted by Crippen LogP contribution is -2.50. The van der Waals surface area contributed by atoms with Crippen LogP contribution in [0.1, 0.15) is 12.5 Å². The van der Waals surface area contributed by atoms with Crippen molar-refractivity contribution in [1.82, 2.24) is 14.7 Å². The predicted molar refractivity (Wildman–Crippen MR) is 66.8 cm³/mol. The molecule has 0 spiro atoms. The second-order valence-electron chi connectivity index (χ2n) is 4.85. The Kier molecular flexibility index (Phi) is 4.15. The van der Waals surface area contributed by atoms with Gasteiger partial charge < -0.3 is 10.5 Å². The Labute approximate surface area is 103 Å². The van der Waals surface area contributed by atoms with Crippen molar-refractivity contribution in [3.05, 3.63) is 18.0 Å². The average Bonchev–Trinajstić information content (AvgIpc) is 2.73. The Morgan fingerprint density at radius 1 is 1.59 bits per heavy atom. The van der Waals surface area contributed by atoms with Crippen molar-refractivity contribution in [2.75, 3.05) is 26.2 Å². The van der Waals surface area contributed by atoms with Gasteiger partial charge in [-0.2, -0.15) is 5.10 Å². The van der Waals surface area contributed by atoms with Gasteiger partial charge in [0.25, 0.3) is 0 Å². The van der Waals surface area contributed by atoms with E-state index in [-0.39, 0.29) is 12.1 Å². The molecule has 0 aliphatic carbocycles. The van der Waals surface area contributed by atoms with Gasteiger partial charge in [0, 0.05) is 31.9 Å². The summed E-state index contributed by atoms with van der Waals surface area (Å²) in [6, 6.07) is 0.102. The summed E-state index contributed by atoms with van der Waals surface area (Å²) in [5, 5.41) is 4.29. The van der Waals surface area contributed by atoms with E-state index < -0.39 is 0 Å². The van der Waals surface area contributed by atoms with Gasteiger partial charge in [0.1, 0.15) is 0 Å². The highest BCUT2D eigenvalue weighted by Crippen LogP contribution is 2.07. The zero-order valence-electron chi connectivity index (χ0n) is 10.7. The van der Waals surface area contributed by atoms with Crippen molar-refractivity contribution in [2.24, 2.45) is 5.73 Å². The molecule has 0 radical (unpaired) electrons. The van der Waals surface area contributed by atoms with E-state index in [1.54, 1.807) is 0 Å². The third-order valence-electron chi connectivity index (χ3n) is 3.17. The number of nitrogens with two attached hydrogens (primary N) is 1. The van der Waals surface area contributed by atoms with Crippen molar-refractivity contribution in [2.45, 2.75) is 32.5 Å². The van der Waals surface area contributed by atoms with Crippen molar-refractivity contribution in [3.63, 3.8) is 0 Å². The second-order valence-corrected chi connectivity index (χ2v) is 4.85. The molecule has 1 aromatic rings. The van der Waals surface area contributed by atoms with Crippen LogP contribution in [-0.2, 0) is 11.3 Å². The maximum absolute atomic E-state index is 5.87. The summed E-state index contributed by atoms with van der Waals surface area (Å²) in [6.07, 6.45) is 4.14. The molecule has 1 aliphatic heterocycles. The SMILES string of the molecule is Cc1cnn(CCN2CCOC(C(C)N)C2)c1. The highest BCUT2D eigenvalue weighted by atomic mass is 16.5. The third-order valence-corrected chi connectivity index (χ3v) is 3.17. The lowest BCUT2D eigenvalue weighted by Gasteiger charge is -2.34. The lowest BCUT2D eigenvalue weighted by atomic mass is 10.1. The van der Waals surface area contributed by atoms with Gasteiger partial charge in [0.2, 0.25) is 0 Å². The van der Waals surface area contributed by atoms with Crippen LogP contribution in [0.3, 0.4) is 0 Å². The molecule has 1 saturated heterocycles. The largest absolute Gasteiger partial charge is 0.374 e. The van der Waals surface area contributed by atoms with Crippen LogP contribution in [-0.4, -0.2) is 53.1 Å². The summed E-state index contributed by atoms with van der Waals surface area (Å²) in [4.78, 5) is 2.40. The van der Waals surface area contributed by atoms with Crippen LogP contribution >= 0.6 is 0 Å². The topological polar surface area (TPSA) is 56.3 Å². The second kappa shape index (κ2) is 5.62. The fourth-order valence-electron chi connectivity index (χ4n) is 2.09. The molecule has 2 atom stereocenters. The van der Waals surface area contributed by atoms with E-state index in [0.29, 0.717) is 0 Å². The van der Waals surface area contributed by atoms with E-state index in [0.717, 1.165) is 32.8 Å². The molecule has 1 aromatic heterocycles. The van der Waals surface area contributed by atoms with Crippen LogP contribution in [0.2, 0.25) is 0 Å². The molecule has 96 valence electrons. The minimum Gasteiger partial charge on any atom is -0.374 e. The fourth-order valence-corrected chi connectivity index (χ4v) is 2.09. The maximum atomic E-state index is 5.87. The lowest BCUT2D eigenvalue weighted by molar-refractivity contribution is -0.0386. The molecule has 1 fully saturated rings. The summed E-state index contributed by atoms with van der Waals surface area (Å²) in [7, 11) is 0. The molecule has 2 heterocycles. The monoisotopic (exact) mass is 238 g/mol. The molecule has 5 heteroatoms. The van der Waals surface area contributed by atoms with Gasteiger partial charge >= 0.3 is 0 Å². The average molecular weight is 238 g/mol. The number of aromatic nitrogens is 2. The zero-order chi connectivity index (χ0) is 12.3. The molecule has 0 bridgehead atoms. The Balaban J connectivity index is 1.79. The van der Waals surface area contributed by atoms with Gasteiger partial charge in [-0.15, -0.1) is 0 Å². The van der Waals surface area contributed by atoms with Crippen LogP contribution in [0.5, 0.6) is 0 Å². The van der Waals surface area contributed by atoms with Crippen molar-refractivity contribution in [3.8, 4) is 0 Å². The van der Waals surface area contributed by atoms with Crippen LogP contribution in [0, 0.1) is 6.92 Å². The molecule has 5 nitrogen and oxygen atoms in total. The minimum atomic E-state index is 0.102. The van der Waals surface area contributed by atoms with Gasteiger partial charge in [0.15, 0.2) is 0 Å². The van der Waals surface area contributed by atoms with E-state index >= 15 is 0 Å². The molecule has 0 saturated carbocycles. The first-order chi connectivity index (χ1) is 8.15. The van der Waals surface area contributed by atoms with Gasteiger partial charge in [-0.3, -0.25) is 9.58 Å². The number of hydrogen-bond donors (Lipinski definition) is 1. The first-order valence-electron chi connectivity index (χ1n) is 6.24. The molecule has 0 aromatic carbocycles. The standard InChI is InChI=1S/C12H22N4O/c1-10-7-14-16(8-10)4-3-15-5-6-17-12(9-15)11(2)13/h7-8,11-12H,3-6,9,13H2,1-2H3. The quantitative estimate of drug-likeness (QED) is 0.816. The summed E-state index contributed by atoms with van der Waals surface area (Å²) >= 11 is 0. The van der Waals surface area contributed by atoms with E-state index in [2.05, 4.69) is 23.1 Å². The van der Waals surface area contributed by atoms with Crippen LogP contribution < -0.4 is 5.73 Å². The number of hydrogen-bond acceptors (Lipinski definition) is 4. The Morgan fingerprint density at radius 3 is 3.06 bits per heavy atom. The molecule has 2 unspecified atom stereocenters. The molecule has 0 amide bonds. The van der Waals surface area contributed by atoms with Gasteiger partial charge in [-0.25, -0.2) is 0 Å². The van der Waals surface area contributed by atoms with E-state index in [1.165, 1.54) is 5.56 Å². The Bertz CT molecular complexity index is 350. The number of nitrogens with zero attached hydrogens (tertiary/aromatic N) is 3. The number of rotatable bonds is 4. The maximum Gasteiger partial charge on any atom is 0.0850 e. The number of morpholine rings is 1. The molecule has 1 aliphatic rings. The molecule has 17 heavy (non-hydrogen) atoms. The van der Waals surface area contributed by atoms with Crippen LogP contribution in [0.15, 0.2) is 12.4 Å². The number of ether oxygens (including phenoxy) is 1. The third kappa shape index (κ3) is 3.52. The van der Waals surface area contributed by atoms with Crippen molar-refractivity contribution < 1.29 is 4.74 Å².